The Labute approximate surface area is 158 Å². The van der Waals surface area contributed by atoms with Crippen LogP contribution >= 0.6 is 11.3 Å². The molecule has 0 bridgehead atoms. The van der Waals surface area contributed by atoms with Crippen LogP contribution < -0.4 is 14.8 Å². The molecule has 1 amide bonds. The summed E-state index contributed by atoms with van der Waals surface area (Å²) >= 11 is 1.84. The number of ether oxygens (including phenoxy) is 2. The first kappa shape index (κ1) is 18.7. The van der Waals surface area contributed by atoms with Gasteiger partial charge >= 0.3 is 0 Å². The molecule has 6 heteroatoms. The van der Waals surface area contributed by atoms with Gasteiger partial charge in [-0.2, -0.15) is 0 Å². The summed E-state index contributed by atoms with van der Waals surface area (Å²) in [4.78, 5) is 16.0. The first-order chi connectivity index (χ1) is 12.7. The van der Waals surface area contributed by atoms with Crippen LogP contribution in [0.1, 0.15) is 24.3 Å². The molecule has 1 atom stereocenters. The second-order valence-corrected chi connectivity index (χ2v) is 7.44. The van der Waals surface area contributed by atoms with E-state index < -0.39 is 0 Å². The van der Waals surface area contributed by atoms with Crippen LogP contribution in [0.2, 0.25) is 0 Å². The Hall–Kier alpha value is -2.05. The van der Waals surface area contributed by atoms with E-state index in [0.717, 1.165) is 25.3 Å². The highest BCUT2D eigenvalue weighted by Gasteiger charge is 2.21. The molecule has 3 rings (SSSR count). The van der Waals surface area contributed by atoms with Gasteiger partial charge in [0.05, 0.1) is 6.61 Å². The molecule has 26 heavy (non-hydrogen) atoms. The number of nitrogens with zero attached hydrogens (tertiary/aromatic N) is 1. The van der Waals surface area contributed by atoms with Crippen LogP contribution in [0.3, 0.4) is 0 Å². The van der Waals surface area contributed by atoms with Crippen molar-refractivity contribution in [3.05, 3.63) is 46.2 Å². The Bertz CT molecular complexity index is 714. The number of carbonyl (C=O) groups is 1. The van der Waals surface area contributed by atoms with Gasteiger partial charge in [0.1, 0.15) is 11.5 Å². The van der Waals surface area contributed by atoms with Crippen molar-refractivity contribution in [2.45, 2.75) is 32.9 Å². The van der Waals surface area contributed by atoms with Crippen LogP contribution in [0, 0.1) is 0 Å². The topological polar surface area (TPSA) is 50.8 Å². The van der Waals surface area contributed by atoms with Crippen molar-refractivity contribution < 1.29 is 14.3 Å². The molecule has 5 nitrogen and oxygen atoms in total. The number of nitrogens with one attached hydrogen (secondary N) is 1. The summed E-state index contributed by atoms with van der Waals surface area (Å²) in [6.45, 7) is 7.40. The van der Waals surface area contributed by atoms with Crippen LogP contribution in [0.4, 0.5) is 0 Å². The molecule has 0 saturated heterocycles. The summed E-state index contributed by atoms with van der Waals surface area (Å²) < 4.78 is 10.9. The highest BCUT2D eigenvalue weighted by Crippen LogP contribution is 2.25. The van der Waals surface area contributed by atoms with Crippen LogP contribution in [-0.2, 0) is 17.8 Å². The predicted molar refractivity (Wildman–Crippen MR) is 104 cm³/mol. The largest absolute Gasteiger partial charge is 0.494 e. The molecule has 2 heterocycles. The minimum atomic E-state index is -0.0982. The fourth-order valence-electron chi connectivity index (χ4n) is 3.04. The molecule has 0 saturated carbocycles. The zero-order valence-corrected chi connectivity index (χ0v) is 16.2. The molecule has 0 aliphatic carbocycles. The Morgan fingerprint density at radius 3 is 2.69 bits per heavy atom. The second-order valence-electron chi connectivity index (χ2n) is 6.44. The minimum absolute atomic E-state index is 0.0232. The zero-order chi connectivity index (χ0) is 18.4. The maximum absolute atomic E-state index is 12.1. The van der Waals surface area contributed by atoms with Crippen molar-refractivity contribution in [3.8, 4) is 11.5 Å². The number of rotatable bonds is 8. The molecule has 0 spiro atoms. The number of fused-ring (bicyclic) bond motifs is 1. The SMILES string of the molecule is CCOc1ccc(OCC(=O)NCC(C)N2CCc3sccc3C2)cc1. The van der Waals surface area contributed by atoms with Crippen molar-refractivity contribution in [2.24, 2.45) is 0 Å². The lowest BCUT2D eigenvalue weighted by molar-refractivity contribution is -0.123. The average molecular weight is 375 g/mol. The number of hydrogen-bond donors (Lipinski definition) is 1. The molecule has 1 aromatic carbocycles. The first-order valence-corrected chi connectivity index (χ1v) is 9.95. The van der Waals surface area contributed by atoms with Crippen LogP contribution in [0.5, 0.6) is 11.5 Å². The van der Waals surface area contributed by atoms with Gasteiger partial charge in [0.15, 0.2) is 6.61 Å². The van der Waals surface area contributed by atoms with Crippen LogP contribution in [-0.4, -0.2) is 43.2 Å². The van der Waals surface area contributed by atoms with Gasteiger partial charge in [-0.25, -0.2) is 0 Å². The Balaban J connectivity index is 1.38. The Morgan fingerprint density at radius 1 is 1.23 bits per heavy atom. The quantitative estimate of drug-likeness (QED) is 0.771. The van der Waals surface area contributed by atoms with E-state index >= 15 is 0 Å². The zero-order valence-electron chi connectivity index (χ0n) is 15.4. The molecule has 0 radical (unpaired) electrons. The fraction of sp³-hybridized carbons (Fsp3) is 0.450. The number of amides is 1. The lowest BCUT2D eigenvalue weighted by atomic mass is 10.1. The number of hydrogen-bond acceptors (Lipinski definition) is 5. The van der Waals surface area contributed by atoms with Crippen LogP contribution in [0.25, 0.3) is 0 Å². The van der Waals surface area contributed by atoms with Gasteiger partial charge < -0.3 is 14.8 Å². The monoisotopic (exact) mass is 374 g/mol. The van der Waals surface area contributed by atoms with Gasteiger partial charge in [0.25, 0.3) is 5.91 Å². The summed E-state index contributed by atoms with van der Waals surface area (Å²) in [5.41, 5.74) is 1.43. The Kier molecular flexibility index (Phi) is 6.52. The number of benzene rings is 1. The highest BCUT2D eigenvalue weighted by molar-refractivity contribution is 7.10. The first-order valence-electron chi connectivity index (χ1n) is 9.07. The molecule has 1 aliphatic rings. The summed E-state index contributed by atoms with van der Waals surface area (Å²) in [5.74, 6) is 1.37. The number of carbonyl (C=O) groups excluding carboxylic acids is 1. The van der Waals surface area contributed by atoms with E-state index in [9.17, 15) is 4.79 Å². The standard InChI is InChI=1S/C20H26N2O3S/c1-3-24-17-4-6-18(7-5-17)25-14-20(23)21-12-15(2)22-10-8-19-16(13-22)9-11-26-19/h4-7,9,11,15H,3,8,10,12-14H2,1-2H3,(H,21,23). The third kappa shape index (κ3) is 4.99. The van der Waals surface area contributed by atoms with Crippen molar-refractivity contribution in [1.82, 2.24) is 10.2 Å². The molecule has 1 unspecified atom stereocenters. The van der Waals surface area contributed by atoms with E-state index in [2.05, 4.69) is 28.6 Å². The summed E-state index contributed by atoms with van der Waals surface area (Å²) in [6.07, 6.45) is 1.10. The maximum Gasteiger partial charge on any atom is 0.257 e. The molecule has 2 aromatic rings. The van der Waals surface area contributed by atoms with E-state index in [1.54, 1.807) is 0 Å². The lowest BCUT2D eigenvalue weighted by Crippen LogP contribution is -2.45. The van der Waals surface area contributed by atoms with Crippen LogP contribution in [0.15, 0.2) is 35.7 Å². The van der Waals surface area contributed by atoms with E-state index in [1.807, 2.05) is 42.5 Å². The second kappa shape index (κ2) is 9.05. The van der Waals surface area contributed by atoms with Gasteiger partial charge in [-0.1, -0.05) is 0 Å². The third-order valence-electron chi connectivity index (χ3n) is 4.56. The minimum Gasteiger partial charge on any atom is -0.494 e. The summed E-state index contributed by atoms with van der Waals surface area (Å²) in [7, 11) is 0. The average Bonchev–Trinajstić information content (AvgIpc) is 3.13. The molecule has 1 aliphatic heterocycles. The van der Waals surface area contributed by atoms with E-state index in [4.69, 9.17) is 9.47 Å². The molecule has 140 valence electrons. The van der Waals surface area contributed by atoms with Gasteiger partial charge in [-0.15, -0.1) is 11.3 Å². The van der Waals surface area contributed by atoms with E-state index in [0.29, 0.717) is 24.9 Å². The van der Waals surface area contributed by atoms with Crippen molar-refractivity contribution >= 4 is 17.2 Å². The summed E-state index contributed by atoms with van der Waals surface area (Å²) in [5, 5.41) is 5.14. The summed E-state index contributed by atoms with van der Waals surface area (Å²) in [6, 6.07) is 9.82. The molecule has 1 N–H and O–H groups in total. The van der Waals surface area contributed by atoms with Crippen molar-refractivity contribution in [1.29, 1.82) is 0 Å². The molecular weight excluding hydrogens is 348 g/mol. The molecule has 0 fully saturated rings. The lowest BCUT2D eigenvalue weighted by Gasteiger charge is -2.32. The third-order valence-corrected chi connectivity index (χ3v) is 5.58. The van der Waals surface area contributed by atoms with Gasteiger partial charge in [0, 0.05) is 30.6 Å². The van der Waals surface area contributed by atoms with E-state index in [1.165, 1.54) is 10.4 Å². The maximum atomic E-state index is 12.1. The van der Waals surface area contributed by atoms with Crippen molar-refractivity contribution in [2.75, 3.05) is 26.3 Å². The van der Waals surface area contributed by atoms with Gasteiger partial charge in [-0.3, -0.25) is 9.69 Å². The molecular formula is C20H26N2O3S. The highest BCUT2D eigenvalue weighted by atomic mass is 32.1. The smallest absolute Gasteiger partial charge is 0.257 e. The number of thiophene rings is 1. The fourth-order valence-corrected chi connectivity index (χ4v) is 3.93. The predicted octanol–water partition coefficient (Wildman–Crippen LogP) is 3.09. The van der Waals surface area contributed by atoms with Crippen molar-refractivity contribution in [3.63, 3.8) is 0 Å². The van der Waals surface area contributed by atoms with Gasteiger partial charge in [-0.05, 0) is 61.5 Å². The normalized spacial score (nSPS) is 15.2. The van der Waals surface area contributed by atoms with Gasteiger partial charge in [0.2, 0.25) is 0 Å². The van der Waals surface area contributed by atoms with E-state index in [-0.39, 0.29) is 12.5 Å². The Morgan fingerprint density at radius 2 is 1.96 bits per heavy atom. The molecule has 1 aromatic heterocycles.